The van der Waals surface area contributed by atoms with Crippen molar-refractivity contribution in [1.29, 1.82) is 0 Å². The number of aliphatic hydroxyl groups excluding tert-OH is 1. The number of carbonyl (C=O) groups is 1. The third kappa shape index (κ3) is 5.18. The first-order chi connectivity index (χ1) is 16.9. The van der Waals surface area contributed by atoms with E-state index >= 15 is 0 Å². The van der Waals surface area contributed by atoms with Crippen molar-refractivity contribution in [3.8, 4) is 0 Å². The predicted molar refractivity (Wildman–Crippen MR) is 147 cm³/mol. The summed E-state index contributed by atoms with van der Waals surface area (Å²) in [6.07, 6.45) is 0.440. The second-order valence-corrected chi connectivity index (χ2v) is 11.0. The molecule has 0 aromatic heterocycles. The van der Waals surface area contributed by atoms with Crippen LogP contribution in [0.15, 0.2) is 60.7 Å². The molecule has 0 saturated carbocycles. The van der Waals surface area contributed by atoms with Gasteiger partial charge >= 0.3 is 6.09 Å². The van der Waals surface area contributed by atoms with Gasteiger partial charge in [-0.05, 0) is 88.5 Å². The molecule has 5 nitrogen and oxygen atoms in total. The Labute approximate surface area is 228 Å². The quantitative estimate of drug-likeness (QED) is 0.309. The summed E-state index contributed by atoms with van der Waals surface area (Å²) < 4.78 is 6.70. The molecule has 0 fully saturated rings. The summed E-state index contributed by atoms with van der Waals surface area (Å²) >= 11 is 14.5. The van der Waals surface area contributed by atoms with Crippen LogP contribution in [-0.4, -0.2) is 30.4 Å². The maximum Gasteiger partial charge on any atom is 0.414 e. The molecule has 3 aromatic carbocycles. The lowest BCUT2D eigenvalue weighted by atomic mass is 9.79. The summed E-state index contributed by atoms with van der Waals surface area (Å²) in [6.45, 7) is 1.42. The average molecular weight is 623 g/mol. The first kappa shape index (κ1) is 24.8. The van der Waals surface area contributed by atoms with Crippen LogP contribution in [0.1, 0.15) is 40.6 Å². The second-order valence-electron chi connectivity index (χ2n) is 8.97. The van der Waals surface area contributed by atoms with E-state index in [1.165, 1.54) is 0 Å². The Morgan fingerprint density at radius 2 is 1.86 bits per heavy atom. The van der Waals surface area contributed by atoms with Crippen LogP contribution in [0.25, 0.3) is 0 Å². The standard InChI is InChI=1S/C27H25Cl2IN2O3/c28-19-7-6-16(12-20(19)29)10-11-31-26-23(33)13-18-14-32(22-9-8-21(30)25(26)24(18)22)27(34)35-15-17-4-2-1-3-5-17/h1-9,12,18,23,26,31,33H,10-11,13-15H2. The molecule has 0 saturated heterocycles. The lowest BCUT2D eigenvalue weighted by Crippen LogP contribution is -2.39. The molecule has 182 valence electrons. The third-order valence-corrected chi connectivity index (χ3v) is 8.40. The zero-order chi connectivity index (χ0) is 24.5. The average Bonchev–Trinajstić information content (AvgIpc) is 3.22. The minimum Gasteiger partial charge on any atom is -0.444 e. The van der Waals surface area contributed by atoms with Crippen LogP contribution in [0.5, 0.6) is 0 Å². The maximum absolute atomic E-state index is 13.0. The van der Waals surface area contributed by atoms with E-state index in [-0.39, 0.29) is 24.7 Å². The van der Waals surface area contributed by atoms with Gasteiger partial charge in [0.15, 0.2) is 0 Å². The van der Waals surface area contributed by atoms with Crippen LogP contribution in [0, 0.1) is 3.57 Å². The molecule has 35 heavy (non-hydrogen) atoms. The number of aliphatic hydroxyl groups is 1. The second kappa shape index (κ2) is 10.6. The maximum atomic E-state index is 13.0. The van der Waals surface area contributed by atoms with Gasteiger partial charge in [-0.3, -0.25) is 4.90 Å². The Hall–Kier alpha value is -1.84. The van der Waals surface area contributed by atoms with Crippen LogP contribution in [-0.2, 0) is 17.8 Å². The fourth-order valence-corrected chi connectivity index (χ4v) is 6.20. The summed E-state index contributed by atoms with van der Waals surface area (Å²) in [7, 11) is 0. The molecule has 1 aliphatic heterocycles. The minimum absolute atomic E-state index is 0.0853. The fourth-order valence-electron chi connectivity index (χ4n) is 5.08. The van der Waals surface area contributed by atoms with Crippen molar-refractivity contribution in [1.82, 2.24) is 5.32 Å². The van der Waals surface area contributed by atoms with Gasteiger partial charge in [-0.2, -0.15) is 0 Å². The van der Waals surface area contributed by atoms with Crippen LogP contribution in [0.2, 0.25) is 10.0 Å². The lowest BCUT2D eigenvalue weighted by molar-refractivity contribution is 0.102. The van der Waals surface area contributed by atoms with Gasteiger partial charge in [0.1, 0.15) is 6.61 Å². The zero-order valence-corrected chi connectivity index (χ0v) is 22.6. The molecule has 3 unspecified atom stereocenters. The smallest absolute Gasteiger partial charge is 0.414 e. The number of nitrogens with zero attached hydrogens (tertiary/aromatic N) is 1. The number of amides is 1. The predicted octanol–water partition coefficient (Wildman–Crippen LogP) is 6.48. The van der Waals surface area contributed by atoms with Gasteiger partial charge in [-0.25, -0.2) is 4.79 Å². The Balaban J connectivity index is 1.33. The van der Waals surface area contributed by atoms with E-state index in [4.69, 9.17) is 27.9 Å². The van der Waals surface area contributed by atoms with E-state index in [0.29, 0.717) is 29.6 Å². The molecule has 3 atom stereocenters. The normalized spacial score (nSPS) is 20.6. The molecule has 0 bridgehead atoms. The van der Waals surface area contributed by atoms with Crippen molar-refractivity contribution < 1.29 is 14.6 Å². The van der Waals surface area contributed by atoms with Crippen molar-refractivity contribution in [2.75, 3.05) is 18.0 Å². The first-order valence-corrected chi connectivity index (χ1v) is 13.4. The highest BCUT2D eigenvalue weighted by molar-refractivity contribution is 14.1. The van der Waals surface area contributed by atoms with Crippen molar-refractivity contribution in [2.24, 2.45) is 0 Å². The zero-order valence-electron chi connectivity index (χ0n) is 18.9. The molecule has 0 spiro atoms. The summed E-state index contributed by atoms with van der Waals surface area (Å²) in [5.41, 5.74) is 5.14. The van der Waals surface area contributed by atoms with Gasteiger partial charge in [0.05, 0.1) is 27.9 Å². The molecule has 1 heterocycles. The van der Waals surface area contributed by atoms with Gasteiger partial charge in [0.25, 0.3) is 0 Å². The van der Waals surface area contributed by atoms with E-state index < -0.39 is 6.10 Å². The fraction of sp³-hybridized carbons (Fsp3) is 0.296. The van der Waals surface area contributed by atoms with Gasteiger partial charge in [-0.15, -0.1) is 0 Å². The highest BCUT2D eigenvalue weighted by atomic mass is 127. The number of ether oxygens (including phenoxy) is 1. The van der Waals surface area contributed by atoms with Crippen molar-refractivity contribution in [2.45, 2.75) is 37.5 Å². The van der Waals surface area contributed by atoms with Crippen LogP contribution < -0.4 is 10.2 Å². The summed E-state index contributed by atoms with van der Waals surface area (Å²) in [4.78, 5) is 14.7. The molecule has 2 N–H and O–H groups in total. The number of hydrogen-bond acceptors (Lipinski definition) is 4. The number of benzene rings is 3. The molecule has 3 aromatic rings. The van der Waals surface area contributed by atoms with Crippen LogP contribution >= 0.6 is 45.8 Å². The van der Waals surface area contributed by atoms with Gasteiger partial charge in [0.2, 0.25) is 0 Å². The van der Waals surface area contributed by atoms with Crippen LogP contribution in [0.4, 0.5) is 10.5 Å². The van der Waals surface area contributed by atoms with Crippen molar-refractivity contribution >= 4 is 57.6 Å². The number of hydrogen-bond donors (Lipinski definition) is 2. The number of nitrogens with one attached hydrogen (secondary N) is 1. The number of halogens is 3. The van der Waals surface area contributed by atoms with E-state index in [0.717, 1.165) is 37.9 Å². The lowest BCUT2D eigenvalue weighted by Gasteiger charge is -2.34. The van der Waals surface area contributed by atoms with E-state index in [2.05, 4.69) is 27.9 Å². The van der Waals surface area contributed by atoms with Crippen molar-refractivity contribution in [3.05, 3.63) is 96.5 Å². The molecular weight excluding hydrogens is 598 g/mol. The highest BCUT2D eigenvalue weighted by Crippen LogP contribution is 2.49. The third-order valence-electron chi connectivity index (χ3n) is 6.72. The van der Waals surface area contributed by atoms with E-state index in [9.17, 15) is 9.90 Å². The highest BCUT2D eigenvalue weighted by Gasteiger charge is 2.43. The Bertz CT molecular complexity index is 1240. The Morgan fingerprint density at radius 1 is 1.06 bits per heavy atom. The van der Waals surface area contributed by atoms with Gasteiger partial charge in [-0.1, -0.05) is 59.6 Å². The summed E-state index contributed by atoms with van der Waals surface area (Å²) in [6, 6.07) is 19.1. The molecule has 5 rings (SSSR count). The van der Waals surface area contributed by atoms with E-state index in [1.807, 2.05) is 54.6 Å². The molecule has 2 aliphatic rings. The largest absolute Gasteiger partial charge is 0.444 e. The monoisotopic (exact) mass is 622 g/mol. The summed E-state index contributed by atoms with van der Waals surface area (Å²) in [5.74, 6) is 0.0853. The van der Waals surface area contributed by atoms with Gasteiger partial charge < -0.3 is 15.2 Å². The molecule has 8 heteroatoms. The van der Waals surface area contributed by atoms with Crippen LogP contribution in [0.3, 0.4) is 0 Å². The summed E-state index contributed by atoms with van der Waals surface area (Å²) in [5, 5.41) is 15.7. The Morgan fingerprint density at radius 3 is 2.63 bits per heavy atom. The number of carbonyl (C=O) groups excluding carboxylic acids is 1. The number of anilines is 1. The number of rotatable bonds is 6. The van der Waals surface area contributed by atoms with E-state index in [1.54, 1.807) is 11.0 Å². The molecule has 1 amide bonds. The molecule has 1 aliphatic carbocycles. The first-order valence-electron chi connectivity index (χ1n) is 11.6. The van der Waals surface area contributed by atoms with Crippen molar-refractivity contribution in [3.63, 3.8) is 0 Å². The topological polar surface area (TPSA) is 61.8 Å². The minimum atomic E-state index is -0.551. The molecular formula is C27H25Cl2IN2O3. The van der Waals surface area contributed by atoms with Gasteiger partial charge in [0, 0.05) is 16.0 Å². The molecule has 0 radical (unpaired) electrons. The Kier molecular flexibility index (Phi) is 7.55. The SMILES string of the molecule is O=C(OCc1ccccc1)N1CC2CC(O)C(NCCc3ccc(Cl)c(Cl)c3)c3c(I)ccc1c32.